The Balaban J connectivity index is 1.56. The van der Waals surface area contributed by atoms with Crippen LogP contribution in [0.1, 0.15) is 19.3 Å². The number of likely N-dealkylation sites (tertiary alicyclic amines) is 1. The fourth-order valence-electron chi connectivity index (χ4n) is 3.91. The topological polar surface area (TPSA) is 45.0 Å². The second-order valence-electron chi connectivity index (χ2n) is 7.05. The molecule has 0 bridgehead atoms. The number of rotatable bonds is 4. The van der Waals surface area contributed by atoms with Gasteiger partial charge in [-0.1, -0.05) is 0 Å². The van der Waals surface area contributed by atoms with Gasteiger partial charge in [0.2, 0.25) is 0 Å². The number of anilines is 2. The van der Waals surface area contributed by atoms with Crippen molar-refractivity contribution >= 4 is 11.4 Å². The number of likely N-dealkylation sites (N-methyl/N-ethyl adjacent to an activating group) is 1. The zero-order valence-electron chi connectivity index (χ0n) is 14.7. The summed E-state index contributed by atoms with van der Waals surface area (Å²) in [6.45, 7) is 4.71. The molecule has 1 aromatic carbocycles. The predicted octanol–water partition coefficient (Wildman–Crippen LogP) is 1.88. The Bertz CT molecular complexity index is 526. The summed E-state index contributed by atoms with van der Waals surface area (Å²) in [7, 11) is 6.08. The van der Waals surface area contributed by atoms with Crippen molar-refractivity contribution in [3.63, 3.8) is 0 Å². The maximum Gasteiger partial charge on any atom is 0.143 e. The minimum atomic E-state index is 0.706. The van der Waals surface area contributed by atoms with Gasteiger partial charge in [0, 0.05) is 50.0 Å². The fourth-order valence-corrected chi connectivity index (χ4v) is 3.91. The molecule has 23 heavy (non-hydrogen) atoms. The van der Waals surface area contributed by atoms with Gasteiger partial charge in [-0.3, -0.25) is 4.90 Å². The number of benzene rings is 1. The van der Waals surface area contributed by atoms with Gasteiger partial charge in [0.15, 0.2) is 0 Å². The van der Waals surface area contributed by atoms with Gasteiger partial charge in [-0.15, -0.1) is 0 Å². The monoisotopic (exact) mass is 318 g/mol. The number of methoxy groups -OCH3 is 1. The summed E-state index contributed by atoms with van der Waals surface area (Å²) in [4.78, 5) is 7.53. The first kappa shape index (κ1) is 16.4. The van der Waals surface area contributed by atoms with Crippen molar-refractivity contribution in [3.05, 3.63) is 18.2 Å². The minimum absolute atomic E-state index is 0.706. The molecule has 2 aliphatic rings. The fraction of sp³-hybridized carbons (Fsp3) is 0.667. The van der Waals surface area contributed by atoms with Crippen molar-refractivity contribution in [2.45, 2.75) is 31.3 Å². The van der Waals surface area contributed by atoms with Crippen molar-refractivity contribution in [1.82, 2.24) is 9.80 Å². The summed E-state index contributed by atoms with van der Waals surface area (Å²) < 4.78 is 5.35. The molecule has 0 unspecified atom stereocenters. The SMILES string of the molecule is COc1cc(N2CCC(N3CC[C@@H](N(C)C)C3)CC2)ccc1N. The van der Waals surface area contributed by atoms with Crippen LogP contribution >= 0.6 is 0 Å². The van der Waals surface area contributed by atoms with E-state index in [4.69, 9.17) is 10.5 Å². The zero-order valence-corrected chi connectivity index (χ0v) is 14.7. The van der Waals surface area contributed by atoms with E-state index in [1.807, 2.05) is 6.07 Å². The number of nitrogens with two attached hydrogens (primary N) is 1. The molecule has 0 amide bonds. The van der Waals surface area contributed by atoms with E-state index in [1.54, 1.807) is 7.11 Å². The van der Waals surface area contributed by atoms with E-state index in [1.165, 1.54) is 38.0 Å². The molecule has 1 aromatic rings. The molecule has 0 aromatic heterocycles. The Labute approximate surface area is 140 Å². The van der Waals surface area contributed by atoms with Gasteiger partial charge in [-0.2, -0.15) is 0 Å². The summed E-state index contributed by atoms with van der Waals surface area (Å²) in [5.41, 5.74) is 7.85. The highest BCUT2D eigenvalue weighted by Gasteiger charge is 2.31. The van der Waals surface area contributed by atoms with Crippen LogP contribution in [-0.2, 0) is 0 Å². The molecule has 1 atom stereocenters. The van der Waals surface area contributed by atoms with E-state index in [2.05, 4.69) is 40.9 Å². The summed E-state index contributed by atoms with van der Waals surface area (Å²) >= 11 is 0. The van der Waals surface area contributed by atoms with E-state index < -0.39 is 0 Å². The highest BCUT2D eigenvalue weighted by atomic mass is 16.5. The van der Waals surface area contributed by atoms with E-state index in [9.17, 15) is 0 Å². The third-order valence-electron chi connectivity index (χ3n) is 5.49. The average molecular weight is 318 g/mol. The molecule has 0 saturated carbocycles. The third kappa shape index (κ3) is 3.56. The third-order valence-corrected chi connectivity index (χ3v) is 5.49. The number of nitrogen functional groups attached to an aromatic ring is 1. The molecule has 0 aliphatic carbocycles. The van der Waals surface area contributed by atoms with E-state index >= 15 is 0 Å². The summed E-state index contributed by atoms with van der Waals surface area (Å²) in [6.07, 6.45) is 3.79. The van der Waals surface area contributed by atoms with Crippen LogP contribution in [-0.4, -0.2) is 69.3 Å². The van der Waals surface area contributed by atoms with Gasteiger partial charge in [0.05, 0.1) is 12.8 Å². The normalized spacial score (nSPS) is 23.7. The average Bonchev–Trinajstić information content (AvgIpc) is 3.06. The lowest BCUT2D eigenvalue weighted by molar-refractivity contribution is 0.189. The Morgan fingerprint density at radius 2 is 1.87 bits per heavy atom. The standard InChI is InChI=1S/C18H30N4O/c1-20(2)16-8-11-22(13-16)14-6-9-21(10-7-14)15-4-5-17(19)18(12-15)23-3/h4-5,12,14,16H,6-11,13,19H2,1-3H3/t16-/m1/s1. The molecule has 2 aliphatic heterocycles. The van der Waals surface area contributed by atoms with Crippen molar-refractivity contribution in [2.75, 3.05) is 58.0 Å². The Morgan fingerprint density at radius 3 is 2.48 bits per heavy atom. The van der Waals surface area contributed by atoms with Crippen molar-refractivity contribution in [2.24, 2.45) is 0 Å². The lowest BCUT2D eigenvalue weighted by Gasteiger charge is -2.38. The van der Waals surface area contributed by atoms with Gasteiger partial charge in [-0.05, 0) is 45.5 Å². The number of ether oxygens (including phenoxy) is 1. The summed E-state index contributed by atoms with van der Waals surface area (Å²) in [5, 5.41) is 0. The molecule has 0 radical (unpaired) electrons. The molecule has 0 spiro atoms. The molecule has 128 valence electrons. The molecule has 2 saturated heterocycles. The van der Waals surface area contributed by atoms with Crippen molar-refractivity contribution in [3.8, 4) is 5.75 Å². The highest BCUT2D eigenvalue weighted by Crippen LogP contribution is 2.30. The summed E-state index contributed by atoms with van der Waals surface area (Å²) in [6, 6.07) is 7.59. The van der Waals surface area contributed by atoms with Crippen LogP contribution in [0, 0.1) is 0 Å². The Hall–Kier alpha value is -1.46. The van der Waals surface area contributed by atoms with E-state index in [-0.39, 0.29) is 0 Å². The lowest BCUT2D eigenvalue weighted by atomic mass is 10.0. The molecule has 2 fully saturated rings. The second kappa shape index (κ2) is 6.97. The maximum atomic E-state index is 5.92. The van der Waals surface area contributed by atoms with Crippen LogP contribution < -0.4 is 15.4 Å². The van der Waals surface area contributed by atoms with Gasteiger partial charge < -0.3 is 20.3 Å². The minimum Gasteiger partial charge on any atom is -0.495 e. The first-order valence-electron chi connectivity index (χ1n) is 8.67. The highest BCUT2D eigenvalue weighted by molar-refractivity contribution is 5.62. The van der Waals surface area contributed by atoms with Crippen LogP contribution in [0.4, 0.5) is 11.4 Å². The van der Waals surface area contributed by atoms with Crippen molar-refractivity contribution < 1.29 is 4.74 Å². The molecule has 2 heterocycles. The Morgan fingerprint density at radius 1 is 1.13 bits per heavy atom. The first-order chi connectivity index (χ1) is 11.1. The van der Waals surface area contributed by atoms with Crippen LogP contribution in [0.2, 0.25) is 0 Å². The largest absolute Gasteiger partial charge is 0.495 e. The molecular weight excluding hydrogens is 288 g/mol. The van der Waals surface area contributed by atoms with Crippen LogP contribution in [0.15, 0.2) is 18.2 Å². The lowest BCUT2D eigenvalue weighted by Crippen LogP contribution is -2.45. The number of hydrogen-bond donors (Lipinski definition) is 1. The first-order valence-corrected chi connectivity index (χ1v) is 8.67. The van der Waals surface area contributed by atoms with E-state index in [0.29, 0.717) is 5.69 Å². The van der Waals surface area contributed by atoms with Gasteiger partial charge >= 0.3 is 0 Å². The van der Waals surface area contributed by atoms with Gasteiger partial charge in [0.1, 0.15) is 5.75 Å². The van der Waals surface area contributed by atoms with E-state index in [0.717, 1.165) is 30.9 Å². The maximum absolute atomic E-state index is 5.92. The molecule has 2 N–H and O–H groups in total. The predicted molar refractivity (Wildman–Crippen MR) is 96.3 cm³/mol. The number of piperidine rings is 1. The van der Waals surface area contributed by atoms with Gasteiger partial charge in [0.25, 0.3) is 0 Å². The quantitative estimate of drug-likeness (QED) is 0.859. The number of nitrogens with zero attached hydrogens (tertiary/aromatic N) is 3. The van der Waals surface area contributed by atoms with Crippen LogP contribution in [0.5, 0.6) is 5.75 Å². The zero-order chi connectivity index (χ0) is 16.4. The smallest absolute Gasteiger partial charge is 0.143 e. The number of hydrogen-bond acceptors (Lipinski definition) is 5. The van der Waals surface area contributed by atoms with Gasteiger partial charge in [-0.25, -0.2) is 0 Å². The molecular formula is C18H30N4O. The second-order valence-corrected chi connectivity index (χ2v) is 7.05. The Kier molecular flexibility index (Phi) is 4.97. The van der Waals surface area contributed by atoms with Crippen LogP contribution in [0.25, 0.3) is 0 Å². The molecule has 5 heteroatoms. The summed E-state index contributed by atoms with van der Waals surface area (Å²) in [5.74, 6) is 0.776. The molecule has 5 nitrogen and oxygen atoms in total. The van der Waals surface area contributed by atoms with Crippen LogP contribution in [0.3, 0.4) is 0 Å². The molecule has 3 rings (SSSR count). The van der Waals surface area contributed by atoms with Crippen molar-refractivity contribution in [1.29, 1.82) is 0 Å².